The lowest BCUT2D eigenvalue weighted by molar-refractivity contribution is -0.131. The van der Waals surface area contributed by atoms with Crippen molar-refractivity contribution in [3.8, 4) is 16.9 Å². The highest BCUT2D eigenvalue weighted by Crippen LogP contribution is 2.22. The van der Waals surface area contributed by atoms with Crippen LogP contribution in [0, 0.1) is 0 Å². The van der Waals surface area contributed by atoms with Gasteiger partial charge in [-0.2, -0.15) is 0 Å². The third-order valence-electron chi connectivity index (χ3n) is 2.97. The predicted molar refractivity (Wildman–Crippen MR) is 79.5 cm³/mol. The number of ether oxygens (including phenoxy) is 1. The van der Waals surface area contributed by atoms with Crippen molar-refractivity contribution in [2.24, 2.45) is 0 Å². The van der Waals surface area contributed by atoms with E-state index in [2.05, 4.69) is 0 Å². The van der Waals surface area contributed by atoms with Crippen molar-refractivity contribution in [3.05, 3.63) is 66.2 Å². The summed E-state index contributed by atoms with van der Waals surface area (Å²) in [6, 6.07) is 14.6. The third kappa shape index (κ3) is 3.79. The molecular formula is C17H14O4. The second-order valence-corrected chi connectivity index (χ2v) is 4.34. The Kier molecular flexibility index (Phi) is 4.51. The highest BCUT2D eigenvalue weighted by molar-refractivity contribution is 6.07. The number of hydrogen-bond donors (Lipinski definition) is 1. The van der Waals surface area contributed by atoms with E-state index < -0.39 is 5.97 Å². The molecule has 4 heteroatoms. The summed E-state index contributed by atoms with van der Waals surface area (Å²) in [5, 5.41) is 8.50. The largest absolute Gasteiger partial charge is 0.497 e. The van der Waals surface area contributed by atoms with Crippen molar-refractivity contribution in [2.45, 2.75) is 0 Å². The first-order chi connectivity index (χ1) is 10.1. The van der Waals surface area contributed by atoms with Crippen LogP contribution in [0.2, 0.25) is 0 Å². The third-order valence-corrected chi connectivity index (χ3v) is 2.97. The molecule has 0 aliphatic carbocycles. The molecule has 2 aromatic carbocycles. The van der Waals surface area contributed by atoms with E-state index in [1.807, 2.05) is 36.4 Å². The monoisotopic (exact) mass is 282 g/mol. The topological polar surface area (TPSA) is 63.6 Å². The summed E-state index contributed by atoms with van der Waals surface area (Å²) < 4.78 is 5.10. The first-order valence-electron chi connectivity index (χ1n) is 6.30. The average molecular weight is 282 g/mol. The Balaban J connectivity index is 2.18. The van der Waals surface area contributed by atoms with E-state index in [-0.39, 0.29) is 5.78 Å². The Hall–Kier alpha value is -2.88. The SMILES string of the molecule is COc1ccc(-c2ccc(C(=O)C=CC(=O)O)cc2)cc1. The fraction of sp³-hybridized carbons (Fsp3) is 0.0588. The number of aliphatic carboxylic acids is 1. The van der Waals surface area contributed by atoms with Gasteiger partial charge in [0.05, 0.1) is 7.11 Å². The van der Waals surface area contributed by atoms with Crippen LogP contribution in [0.1, 0.15) is 10.4 Å². The van der Waals surface area contributed by atoms with E-state index in [0.29, 0.717) is 5.56 Å². The zero-order valence-corrected chi connectivity index (χ0v) is 11.4. The second kappa shape index (κ2) is 6.52. The lowest BCUT2D eigenvalue weighted by atomic mass is 10.0. The molecule has 0 amide bonds. The molecule has 0 aromatic heterocycles. The van der Waals surface area contributed by atoms with E-state index in [0.717, 1.165) is 29.0 Å². The van der Waals surface area contributed by atoms with Crippen LogP contribution in [0.25, 0.3) is 11.1 Å². The molecule has 0 atom stereocenters. The molecule has 0 aliphatic heterocycles. The Morgan fingerprint density at radius 3 is 1.90 bits per heavy atom. The van der Waals surface area contributed by atoms with Crippen molar-refractivity contribution in [1.82, 2.24) is 0 Å². The minimum atomic E-state index is -1.14. The minimum Gasteiger partial charge on any atom is -0.497 e. The van der Waals surface area contributed by atoms with Crippen LogP contribution >= 0.6 is 0 Å². The molecule has 21 heavy (non-hydrogen) atoms. The highest BCUT2D eigenvalue weighted by atomic mass is 16.5. The van der Waals surface area contributed by atoms with Crippen LogP contribution in [0.4, 0.5) is 0 Å². The van der Waals surface area contributed by atoms with Crippen LogP contribution in [0.3, 0.4) is 0 Å². The first-order valence-corrected chi connectivity index (χ1v) is 6.30. The molecule has 0 aliphatic rings. The molecule has 0 bridgehead atoms. The molecule has 1 N–H and O–H groups in total. The number of carboxylic acid groups (broad SMARTS) is 1. The summed E-state index contributed by atoms with van der Waals surface area (Å²) in [7, 11) is 1.61. The van der Waals surface area contributed by atoms with Gasteiger partial charge >= 0.3 is 5.97 Å². The Morgan fingerprint density at radius 1 is 0.905 bits per heavy atom. The highest BCUT2D eigenvalue weighted by Gasteiger charge is 2.04. The van der Waals surface area contributed by atoms with Gasteiger partial charge in [-0.15, -0.1) is 0 Å². The number of carboxylic acids is 1. The lowest BCUT2D eigenvalue weighted by Gasteiger charge is -2.04. The number of rotatable bonds is 5. The number of methoxy groups -OCH3 is 1. The van der Waals surface area contributed by atoms with Crippen molar-refractivity contribution in [2.75, 3.05) is 7.11 Å². The first kappa shape index (κ1) is 14.5. The van der Waals surface area contributed by atoms with Crippen molar-refractivity contribution in [3.63, 3.8) is 0 Å². The average Bonchev–Trinajstić information content (AvgIpc) is 2.53. The van der Waals surface area contributed by atoms with Gasteiger partial charge in [0, 0.05) is 11.6 Å². The number of carbonyl (C=O) groups is 2. The second-order valence-electron chi connectivity index (χ2n) is 4.34. The normalized spacial score (nSPS) is 10.5. The minimum absolute atomic E-state index is 0.335. The quantitative estimate of drug-likeness (QED) is 0.675. The van der Waals surface area contributed by atoms with E-state index in [1.54, 1.807) is 19.2 Å². The van der Waals surface area contributed by atoms with E-state index in [4.69, 9.17) is 9.84 Å². The fourth-order valence-electron chi connectivity index (χ4n) is 1.85. The van der Waals surface area contributed by atoms with Gasteiger partial charge in [0.1, 0.15) is 5.75 Å². The van der Waals surface area contributed by atoms with Gasteiger partial charge in [-0.05, 0) is 29.3 Å². The maximum atomic E-state index is 11.7. The van der Waals surface area contributed by atoms with Crippen LogP contribution in [0.5, 0.6) is 5.75 Å². The Bertz CT molecular complexity index is 667. The van der Waals surface area contributed by atoms with Crippen LogP contribution < -0.4 is 4.74 Å². The summed E-state index contributed by atoms with van der Waals surface area (Å²) >= 11 is 0. The maximum absolute atomic E-state index is 11.7. The van der Waals surface area contributed by atoms with Gasteiger partial charge in [0.2, 0.25) is 0 Å². The summed E-state index contributed by atoms with van der Waals surface area (Å²) in [5.41, 5.74) is 2.43. The molecule has 106 valence electrons. The summed E-state index contributed by atoms with van der Waals surface area (Å²) in [6.07, 6.45) is 1.88. The van der Waals surface area contributed by atoms with Gasteiger partial charge in [0.25, 0.3) is 0 Å². The molecule has 0 saturated carbocycles. The van der Waals surface area contributed by atoms with E-state index in [1.165, 1.54) is 0 Å². The number of allylic oxidation sites excluding steroid dienone is 1. The zero-order valence-electron chi connectivity index (χ0n) is 11.4. The van der Waals surface area contributed by atoms with E-state index >= 15 is 0 Å². The summed E-state index contributed by atoms with van der Waals surface area (Å²) in [6.45, 7) is 0. The molecule has 0 radical (unpaired) electrons. The van der Waals surface area contributed by atoms with Crippen LogP contribution in [-0.4, -0.2) is 24.0 Å². The molecule has 0 unspecified atom stereocenters. The molecule has 0 heterocycles. The molecule has 0 saturated heterocycles. The molecule has 2 rings (SSSR count). The maximum Gasteiger partial charge on any atom is 0.328 e. The fourth-order valence-corrected chi connectivity index (χ4v) is 1.85. The standard InChI is InChI=1S/C17H14O4/c1-21-15-8-6-13(7-9-15)12-2-4-14(5-3-12)16(18)10-11-17(19)20/h2-11H,1H3,(H,19,20). The lowest BCUT2D eigenvalue weighted by Crippen LogP contribution is -1.96. The van der Waals surface area contributed by atoms with Crippen LogP contribution in [0.15, 0.2) is 60.7 Å². The van der Waals surface area contributed by atoms with Gasteiger partial charge in [0.15, 0.2) is 5.78 Å². The van der Waals surface area contributed by atoms with Gasteiger partial charge < -0.3 is 9.84 Å². The Morgan fingerprint density at radius 2 is 1.43 bits per heavy atom. The number of benzene rings is 2. The number of carbonyl (C=O) groups excluding carboxylic acids is 1. The van der Waals surface area contributed by atoms with Gasteiger partial charge in [-0.3, -0.25) is 4.79 Å². The summed E-state index contributed by atoms with van der Waals surface area (Å²) in [4.78, 5) is 22.1. The molecule has 4 nitrogen and oxygen atoms in total. The Labute approximate surface area is 122 Å². The summed E-state index contributed by atoms with van der Waals surface area (Å²) in [5.74, 6) is -0.693. The molecule has 0 spiro atoms. The van der Waals surface area contributed by atoms with Crippen molar-refractivity contribution in [1.29, 1.82) is 0 Å². The van der Waals surface area contributed by atoms with Gasteiger partial charge in [-0.1, -0.05) is 36.4 Å². The van der Waals surface area contributed by atoms with Crippen molar-refractivity contribution >= 4 is 11.8 Å². The zero-order chi connectivity index (χ0) is 15.2. The van der Waals surface area contributed by atoms with Gasteiger partial charge in [-0.25, -0.2) is 4.79 Å². The number of ketones is 1. The molecular weight excluding hydrogens is 268 g/mol. The molecule has 2 aromatic rings. The van der Waals surface area contributed by atoms with E-state index in [9.17, 15) is 9.59 Å². The predicted octanol–water partition coefficient (Wildman–Crippen LogP) is 3.19. The number of hydrogen-bond acceptors (Lipinski definition) is 3. The van der Waals surface area contributed by atoms with Crippen LogP contribution in [-0.2, 0) is 4.79 Å². The smallest absolute Gasteiger partial charge is 0.328 e. The molecule has 0 fully saturated rings. The van der Waals surface area contributed by atoms with Crippen molar-refractivity contribution < 1.29 is 19.4 Å².